The van der Waals surface area contributed by atoms with Crippen molar-refractivity contribution in [3.63, 3.8) is 0 Å². The summed E-state index contributed by atoms with van der Waals surface area (Å²) in [7, 11) is 0. The second kappa shape index (κ2) is 6.79. The van der Waals surface area contributed by atoms with Gasteiger partial charge in [-0.15, -0.1) is 11.6 Å². The quantitative estimate of drug-likeness (QED) is 0.788. The molecule has 0 aliphatic carbocycles. The van der Waals surface area contributed by atoms with Gasteiger partial charge in [-0.05, 0) is 24.3 Å². The number of alkyl halides is 1. The molecule has 0 saturated carbocycles. The molecule has 1 aromatic rings. The molecular formula is C15H22ClNO. The van der Waals surface area contributed by atoms with Crippen molar-refractivity contribution in [2.75, 3.05) is 12.4 Å². The SMILES string of the molecule is Cc1ccc(CC(=O)NCC(C)(C)CCCl)cc1. The van der Waals surface area contributed by atoms with Crippen LogP contribution in [0.25, 0.3) is 0 Å². The Kier molecular flexibility index (Phi) is 5.67. The van der Waals surface area contributed by atoms with Gasteiger partial charge in [0.05, 0.1) is 6.42 Å². The fraction of sp³-hybridized carbons (Fsp3) is 0.533. The largest absolute Gasteiger partial charge is 0.355 e. The van der Waals surface area contributed by atoms with Crippen molar-refractivity contribution in [2.24, 2.45) is 5.41 Å². The highest BCUT2D eigenvalue weighted by atomic mass is 35.5. The van der Waals surface area contributed by atoms with Gasteiger partial charge in [0, 0.05) is 12.4 Å². The van der Waals surface area contributed by atoms with Crippen LogP contribution in [-0.4, -0.2) is 18.3 Å². The topological polar surface area (TPSA) is 29.1 Å². The van der Waals surface area contributed by atoms with E-state index in [1.54, 1.807) is 0 Å². The van der Waals surface area contributed by atoms with Crippen LogP contribution in [0.4, 0.5) is 0 Å². The first-order valence-corrected chi connectivity index (χ1v) is 6.85. The minimum atomic E-state index is 0.0602. The van der Waals surface area contributed by atoms with E-state index >= 15 is 0 Å². The summed E-state index contributed by atoms with van der Waals surface area (Å²) in [4.78, 5) is 11.8. The molecular weight excluding hydrogens is 246 g/mol. The Morgan fingerprint density at radius 2 is 1.89 bits per heavy atom. The molecule has 18 heavy (non-hydrogen) atoms. The number of aryl methyl sites for hydroxylation is 1. The van der Waals surface area contributed by atoms with Gasteiger partial charge < -0.3 is 5.32 Å². The Labute approximate surface area is 115 Å². The Hall–Kier alpha value is -1.02. The summed E-state index contributed by atoms with van der Waals surface area (Å²) in [6.07, 6.45) is 1.34. The normalized spacial score (nSPS) is 11.3. The van der Waals surface area contributed by atoms with Crippen LogP contribution >= 0.6 is 11.6 Å². The van der Waals surface area contributed by atoms with Crippen LogP contribution in [0.15, 0.2) is 24.3 Å². The van der Waals surface area contributed by atoms with Crippen molar-refractivity contribution in [3.8, 4) is 0 Å². The molecule has 100 valence electrons. The molecule has 0 spiro atoms. The van der Waals surface area contributed by atoms with Crippen LogP contribution < -0.4 is 5.32 Å². The van der Waals surface area contributed by atoms with Crippen LogP contribution in [-0.2, 0) is 11.2 Å². The van der Waals surface area contributed by atoms with E-state index in [4.69, 9.17) is 11.6 Å². The average Bonchev–Trinajstić information content (AvgIpc) is 2.30. The third-order valence-electron chi connectivity index (χ3n) is 3.02. The maximum Gasteiger partial charge on any atom is 0.224 e. The standard InChI is InChI=1S/C15H22ClNO/c1-12-4-6-13(7-5-12)10-14(18)17-11-15(2,3)8-9-16/h4-7H,8-11H2,1-3H3,(H,17,18). The maximum absolute atomic E-state index is 11.8. The lowest BCUT2D eigenvalue weighted by molar-refractivity contribution is -0.120. The number of benzene rings is 1. The molecule has 0 heterocycles. The summed E-state index contributed by atoms with van der Waals surface area (Å²) in [5, 5.41) is 2.97. The molecule has 0 fully saturated rings. The van der Waals surface area contributed by atoms with Crippen molar-refractivity contribution in [1.29, 1.82) is 0 Å². The zero-order chi connectivity index (χ0) is 13.6. The minimum Gasteiger partial charge on any atom is -0.355 e. The number of rotatable bonds is 6. The van der Waals surface area contributed by atoms with Crippen molar-refractivity contribution >= 4 is 17.5 Å². The van der Waals surface area contributed by atoms with E-state index in [0.29, 0.717) is 18.8 Å². The zero-order valence-electron chi connectivity index (χ0n) is 11.4. The Morgan fingerprint density at radius 3 is 2.44 bits per heavy atom. The summed E-state index contributed by atoms with van der Waals surface area (Å²) in [6.45, 7) is 6.94. The zero-order valence-corrected chi connectivity index (χ0v) is 12.2. The van der Waals surface area contributed by atoms with Gasteiger partial charge in [0.25, 0.3) is 0 Å². The first kappa shape index (κ1) is 15.0. The monoisotopic (exact) mass is 267 g/mol. The lowest BCUT2D eigenvalue weighted by Gasteiger charge is -2.23. The average molecular weight is 268 g/mol. The second-order valence-corrected chi connectivity index (χ2v) is 5.92. The maximum atomic E-state index is 11.8. The van der Waals surface area contributed by atoms with E-state index in [9.17, 15) is 4.79 Å². The van der Waals surface area contributed by atoms with Crippen molar-refractivity contribution in [2.45, 2.75) is 33.6 Å². The van der Waals surface area contributed by atoms with Gasteiger partial charge in [0.1, 0.15) is 0 Å². The van der Waals surface area contributed by atoms with Gasteiger partial charge in [0.2, 0.25) is 5.91 Å². The van der Waals surface area contributed by atoms with E-state index in [1.165, 1.54) is 5.56 Å². The Bertz CT molecular complexity index is 384. The molecule has 1 amide bonds. The van der Waals surface area contributed by atoms with Crippen LogP contribution in [0.5, 0.6) is 0 Å². The molecule has 0 aliphatic heterocycles. The van der Waals surface area contributed by atoms with E-state index < -0.39 is 0 Å². The third kappa shape index (κ3) is 5.54. The highest BCUT2D eigenvalue weighted by Gasteiger charge is 2.17. The van der Waals surface area contributed by atoms with Gasteiger partial charge in [0.15, 0.2) is 0 Å². The van der Waals surface area contributed by atoms with E-state index in [-0.39, 0.29) is 11.3 Å². The predicted octanol–water partition coefficient (Wildman–Crippen LogP) is 3.31. The number of nitrogens with one attached hydrogen (secondary N) is 1. The first-order valence-electron chi connectivity index (χ1n) is 6.31. The molecule has 2 nitrogen and oxygen atoms in total. The number of halogens is 1. The summed E-state index contributed by atoms with van der Waals surface area (Å²) in [5.41, 5.74) is 2.32. The molecule has 1 N–H and O–H groups in total. The number of hydrogen-bond donors (Lipinski definition) is 1. The highest BCUT2D eigenvalue weighted by Crippen LogP contribution is 2.19. The Balaban J connectivity index is 2.40. The number of carbonyl (C=O) groups excluding carboxylic acids is 1. The lowest BCUT2D eigenvalue weighted by atomic mass is 9.90. The smallest absolute Gasteiger partial charge is 0.224 e. The molecule has 1 aromatic carbocycles. The Morgan fingerprint density at radius 1 is 1.28 bits per heavy atom. The van der Waals surface area contributed by atoms with Crippen LogP contribution in [0.3, 0.4) is 0 Å². The molecule has 3 heteroatoms. The van der Waals surface area contributed by atoms with E-state index in [1.807, 2.05) is 31.2 Å². The number of hydrogen-bond acceptors (Lipinski definition) is 1. The second-order valence-electron chi connectivity index (χ2n) is 5.54. The van der Waals surface area contributed by atoms with Crippen molar-refractivity contribution in [1.82, 2.24) is 5.32 Å². The van der Waals surface area contributed by atoms with Crippen molar-refractivity contribution in [3.05, 3.63) is 35.4 Å². The predicted molar refractivity (Wildman–Crippen MR) is 77.0 cm³/mol. The van der Waals surface area contributed by atoms with Crippen molar-refractivity contribution < 1.29 is 4.79 Å². The third-order valence-corrected chi connectivity index (χ3v) is 3.21. The molecule has 1 rings (SSSR count). The number of amides is 1. The summed E-state index contributed by atoms with van der Waals surface area (Å²) in [6, 6.07) is 8.05. The molecule has 0 aliphatic rings. The summed E-state index contributed by atoms with van der Waals surface area (Å²) in [5.74, 6) is 0.697. The summed E-state index contributed by atoms with van der Waals surface area (Å²) >= 11 is 5.73. The molecule has 0 aromatic heterocycles. The first-order chi connectivity index (χ1) is 8.43. The fourth-order valence-corrected chi connectivity index (χ4v) is 2.15. The highest BCUT2D eigenvalue weighted by molar-refractivity contribution is 6.17. The van der Waals surface area contributed by atoms with Gasteiger partial charge in [-0.3, -0.25) is 4.79 Å². The van der Waals surface area contributed by atoms with Crippen LogP contribution in [0.2, 0.25) is 0 Å². The molecule has 0 unspecified atom stereocenters. The fourth-order valence-electron chi connectivity index (χ4n) is 1.64. The molecule has 0 radical (unpaired) electrons. The minimum absolute atomic E-state index is 0.0602. The van der Waals surface area contributed by atoms with E-state index in [2.05, 4.69) is 19.2 Å². The van der Waals surface area contributed by atoms with Crippen LogP contribution in [0.1, 0.15) is 31.4 Å². The van der Waals surface area contributed by atoms with Crippen LogP contribution in [0, 0.1) is 12.3 Å². The number of carbonyl (C=O) groups is 1. The molecule has 0 atom stereocenters. The van der Waals surface area contributed by atoms with E-state index in [0.717, 1.165) is 12.0 Å². The summed E-state index contributed by atoms with van der Waals surface area (Å²) < 4.78 is 0. The van der Waals surface area contributed by atoms with Gasteiger partial charge >= 0.3 is 0 Å². The lowest BCUT2D eigenvalue weighted by Crippen LogP contribution is -2.35. The molecule has 0 bridgehead atoms. The molecule has 0 saturated heterocycles. The van der Waals surface area contributed by atoms with Gasteiger partial charge in [-0.2, -0.15) is 0 Å². The van der Waals surface area contributed by atoms with Gasteiger partial charge in [-0.25, -0.2) is 0 Å². The van der Waals surface area contributed by atoms with Gasteiger partial charge in [-0.1, -0.05) is 43.7 Å².